The monoisotopic (exact) mass is 283 g/mol. The Labute approximate surface area is 111 Å². The first-order valence-electron chi connectivity index (χ1n) is 5.76. The molecular formula is C13H14FNO3S. The molecule has 2 aromatic rings. The zero-order valence-electron chi connectivity index (χ0n) is 10.4. The summed E-state index contributed by atoms with van der Waals surface area (Å²) in [5, 5.41) is 0. The lowest BCUT2D eigenvalue weighted by Crippen LogP contribution is -2.26. The van der Waals surface area contributed by atoms with Crippen molar-refractivity contribution in [1.29, 1.82) is 0 Å². The van der Waals surface area contributed by atoms with Crippen molar-refractivity contribution >= 4 is 10.0 Å². The van der Waals surface area contributed by atoms with Gasteiger partial charge in [0.2, 0.25) is 10.0 Å². The van der Waals surface area contributed by atoms with E-state index in [9.17, 15) is 12.8 Å². The summed E-state index contributed by atoms with van der Waals surface area (Å²) in [4.78, 5) is 0.0982. The summed E-state index contributed by atoms with van der Waals surface area (Å²) >= 11 is 0. The van der Waals surface area contributed by atoms with Crippen LogP contribution in [0.2, 0.25) is 0 Å². The Balaban J connectivity index is 2.05. The first kappa shape index (κ1) is 13.8. The first-order chi connectivity index (χ1) is 8.99. The molecule has 0 spiro atoms. The quantitative estimate of drug-likeness (QED) is 0.915. The van der Waals surface area contributed by atoms with E-state index in [0.717, 1.165) is 11.6 Å². The van der Waals surface area contributed by atoms with Gasteiger partial charge in [0.1, 0.15) is 5.82 Å². The number of nitrogens with one attached hydrogen (secondary N) is 1. The molecular weight excluding hydrogens is 269 g/mol. The lowest BCUT2D eigenvalue weighted by Gasteiger charge is -2.08. The normalized spacial score (nSPS) is 11.7. The number of halogens is 1. The maximum Gasteiger partial charge on any atom is 0.240 e. The fourth-order valence-electron chi connectivity index (χ4n) is 1.76. The fraction of sp³-hybridized carbons (Fsp3) is 0.231. The Morgan fingerprint density at radius 2 is 2.11 bits per heavy atom. The number of hydrogen-bond acceptors (Lipinski definition) is 3. The molecule has 2 rings (SSSR count). The van der Waals surface area contributed by atoms with Crippen LogP contribution in [-0.4, -0.2) is 15.0 Å². The molecule has 0 aliphatic rings. The van der Waals surface area contributed by atoms with Crippen molar-refractivity contribution in [2.45, 2.75) is 18.2 Å². The molecule has 1 heterocycles. The Kier molecular flexibility index (Phi) is 4.01. The summed E-state index contributed by atoms with van der Waals surface area (Å²) in [6.07, 6.45) is 3.64. The topological polar surface area (TPSA) is 59.3 Å². The van der Waals surface area contributed by atoms with Crippen molar-refractivity contribution in [3.05, 3.63) is 53.7 Å². The lowest BCUT2D eigenvalue weighted by molar-refractivity contribution is 0.562. The second-order valence-electron chi connectivity index (χ2n) is 4.19. The van der Waals surface area contributed by atoms with Crippen molar-refractivity contribution in [3.63, 3.8) is 0 Å². The highest BCUT2D eigenvalue weighted by molar-refractivity contribution is 7.89. The van der Waals surface area contributed by atoms with Gasteiger partial charge in [-0.3, -0.25) is 0 Å². The second-order valence-corrected chi connectivity index (χ2v) is 5.92. The number of furan rings is 1. The Morgan fingerprint density at radius 3 is 2.74 bits per heavy atom. The van der Waals surface area contributed by atoms with Crippen LogP contribution >= 0.6 is 0 Å². The SMILES string of the molecule is Cc1cc(F)ccc1S(=O)(=O)NCCc1ccoc1. The third-order valence-corrected chi connectivity index (χ3v) is 4.33. The average molecular weight is 283 g/mol. The second kappa shape index (κ2) is 5.54. The van der Waals surface area contributed by atoms with E-state index in [1.165, 1.54) is 18.4 Å². The Morgan fingerprint density at radius 1 is 1.32 bits per heavy atom. The molecule has 0 bridgehead atoms. The van der Waals surface area contributed by atoms with Gasteiger partial charge >= 0.3 is 0 Å². The van der Waals surface area contributed by atoms with E-state index in [1.54, 1.807) is 19.3 Å². The number of aryl methyl sites for hydroxylation is 1. The van der Waals surface area contributed by atoms with Crippen molar-refractivity contribution < 1.29 is 17.2 Å². The maximum absolute atomic E-state index is 12.9. The van der Waals surface area contributed by atoms with E-state index in [0.29, 0.717) is 12.0 Å². The van der Waals surface area contributed by atoms with E-state index >= 15 is 0 Å². The van der Waals surface area contributed by atoms with Crippen LogP contribution < -0.4 is 4.72 Å². The molecule has 0 saturated carbocycles. The minimum Gasteiger partial charge on any atom is -0.472 e. The van der Waals surface area contributed by atoms with Crippen LogP contribution in [0.15, 0.2) is 46.1 Å². The van der Waals surface area contributed by atoms with E-state index in [2.05, 4.69) is 4.72 Å². The molecule has 0 amide bonds. The van der Waals surface area contributed by atoms with Crippen LogP contribution in [0.25, 0.3) is 0 Å². The molecule has 1 aromatic carbocycles. The highest BCUT2D eigenvalue weighted by atomic mass is 32.2. The highest BCUT2D eigenvalue weighted by Crippen LogP contribution is 2.15. The molecule has 0 aliphatic heterocycles. The van der Waals surface area contributed by atoms with Crippen LogP contribution in [0.1, 0.15) is 11.1 Å². The predicted octanol–water partition coefficient (Wildman–Crippen LogP) is 2.25. The summed E-state index contributed by atoms with van der Waals surface area (Å²) in [5.74, 6) is -0.449. The highest BCUT2D eigenvalue weighted by Gasteiger charge is 2.16. The van der Waals surface area contributed by atoms with Gasteiger partial charge in [-0.15, -0.1) is 0 Å². The van der Waals surface area contributed by atoms with E-state index in [1.807, 2.05) is 0 Å². The van der Waals surface area contributed by atoms with Gasteiger partial charge in [-0.2, -0.15) is 0 Å². The third-order valence-electron chi connectivity index (χ3n) is 2.71. The van der Waals surface area contributed by atoms with Crippen LogP contribution in [0.4, 0.5) is 4.39 Å². The summed E-state index contributed by atoms with van der Waals surface area (Å²) in [6.45, 7) is 1.83. The van der Waals surface area contributed by atoms with Crippen LogP contribution in [0.3, 0.4) is 0 Å². The molecule has 0 atom stereocenters. The van der Waals surface area contributed by atoms with Gasteiger partial charge in [0.25, 0.3) is 0 Å². The number of sulfonamides is 1. The zero-order chi connectivity index (χ0) is 13.9. The van der Waals surface area contributed by atoms with E-state index < -0.39 is 15.8 Å². The number of hydrogen-bond donors (Lipinski definition) is 1. The lowest BCUT2D eigenvalue weighted by atomic mass is 10.2. The Bertz CT molecular complexity index is 651. The van der Waals surface area contributed by atoms with Gasteiger partial charge in [0, 0.05) is 6.54 Å². The molecule has 19 heavy (non-hydrogen) atoms. The van der Waals surface area contributed by atoms with Crippen molar-refractivity contribution in [3.8, 4) is 0 Å². The molecule has 0 radical (unpaired) electrons. The van der Waals surface area contributed by atoms with Crippen molar-refractivity contribution in [2.24, 2.45) is 0 Å². The van der Waals surface area contributed by atoms with Gasteiger partial charge in [-0.05, 0) is 48.7 Å². The predicted molar refractivity (Wildman–Crippen MR) is 68.7 cm³/mol. The van der Waals surface area contributed by atoms with Crippen LogP contribution in [0, 0.1) is 12.7 Å². The third kappa shape index (κ3) is 3.42. The van der Waals surface area contributed by atoms with Gasteiger partial charge in [-0.25, -0.2) is 17.5 Å². The minimum atomic E-state index is -3.61. The standard InChI is InChI=1S/C13H14FNO3S/c1-10-8-12(14)2-3-13(10)19(16,17)15-6-4-11-5-7-18-9-11/h2-3,5,7-9,15H,4,6H2,1H3. The summed E-state index contributed by atoms with van der Waals surface area (Å²) in [6, 6.07) is 5.38. The van der Waals surface area contributed by atoms with E-state index in [4.69, 9.17) is 4.42 Å². The largest absolute Gasteiger partial charge is 0.472 e. The molecule has 6 heteroatoms. The summed E-state index contributed by atoms with van der Waals surface area (Å²) < 4.78 is 44.4. The smallest absolute Gasteiger partial charge is 0.240 e. The molecule has 0 unspecified atom stereocenters. The summed E-state index contributed by atoms with van der Waals surface area (Å²) in [7, 11) is -3.61. The van der Waals surface area contributed by atoms with E-state index in [-0.39, 0.29) is 11.4 Å². The van der Waals surface area contributed by atoms with Gasteiger partial charge in [-0.1, -0.05) is 0 Å². The van der Waals surface area contributed by atoms with Gasteiger partial charge in [0.05, 0.1) is 17.4 Å². The number of rotatable bonds is 5. The molecule has 1 N–H and O–H groups in total. The first-order valence-corrected chi connectivity index (χ1v) is 7.24. The zero-order valence-corrected chi connectivity index (χ0v) is 11.2. The fourth-order valence-corrected chi connectivity index (χ4v) is 3.01. The van der Waals surface area contributed by atoms with Crippen LogP contribution in [0.5, 0.6) is 0 Å². The van der Waals surface area contributed by atoms with Crippen LogP contribution in [-0.2, 0) is 16.4 Å². The van der Waals surface area contributed by atoms with Crippen molar-refractivity contribution in [2.75, 3.05) is 6.54 Å². The molecule has 102 valence electrons. The molecule has 0 aliphatic carbocycles. The molecule has 4 nitrogen and oxygen atoms in total. The molecule has 1 aromatic heterocycles. The Hall–Kier alpha value is -1.66. The minimum absolute atomic E-state index is 0.0982. The average Bonchev–Trinajstić information content (AvgIpc) is 2.81. The number of benzene rings is 1. The molecule has 0 fully saturated rings. The molecule has 0 saturated heterocycles. The van der Waals surface area contributed by atoms with Crippen molar-refractivity contribution in [1.82, 2.24) is 4.72 Å². The van der Waals surface area contributed by atoms with Gasteiger partial charge in [0.15, 0.2) is 0 Å². The summed E-state index contributed by atoms with van der Waals surface area (Å²) in [5.41, 5.74) is 1.30. The van der Waals surface area contributed by atoms with Gasteiger partial charge < -0.3 is 4.42 Å². The maximum atomic E-state index is 12.9.